The largest absolute Gasteiger partial charge is 0.369 e. The first-order valence-electron chi connectivity index (χ1n) is 8.11. The fourth-order valence-electron chi connectivity index (χ4n) is 3.07. The third kappa shape index (κ3) is 3.71. The third-order valence-electron chi connectivity index (χ3n) is 4.83. The molecule has 0 radical (unpaired) electrons. The lowest BCUT2D eigenvalue weighted by Crippen LogP contribution is -2.47. The Labute approximate surface area is 133 Å². The van der Waals surface area contributed by atoms with Gasteiger partial charge in [0, 0.05) is 49.5 Å². The van der Waals surface area contributed by atoms with Gasteiger partial charge in [0.25, 0.3) is 0 Å². The van der Waals surface area contributed by atoms with Crippen molar-refractivity contribution in [3.05, 3.63) is 28.8 Å². The summed E-state index contributed by atoms with van der Waals surface area (Å²) < 4.78 is 0. The molecule has 2 fully saturated rings. The van der Waals surface area contributed by atoms with E-state index in [4.69, 9.17) is 11.6 Å². The van der Waals surface area contributed by atoms with E-state index in [0.29, 0.717) is 6.04 Å². The molecule has 1 saturated carbocycles. The molecule has 1 atom stereocenters. The van der Waals surface area contributed by atoms with E-state index in [-0.39, 0.29) is 0 Å². The number of nitrogens with zero attached hydrogens (tertiary/aromatic N) is 2. The van der Waals surface area contributed by atoms with Gasteiger partial charge in [0.1, 0.15) is 0 Å². The van der Waals surface area contributed by atoms with E-state index < -0.39 is 0 Å². The number of rotatable bonds is 5. The van der Waals surface area contributed by atoms with Crippen LogP contribution in [-0.4, -0.2) is 44.7 Å². The Hall–Kier alpha value is -0.770. The topological polar surface area (TPSA) is 18.5 Å². The van der Waals surface area contributed by atoms with E-state index in [1.54, 1.807) is 0 Å². The van der Waals surface area contributed by atoms with Crippen LogP contribution in [0.4, 0.5) is 5.69 Å². The van der Waals surface area contributed by atoms with Gasteiger partial charge in [-0.25, -0.2) is 0 Å². The smallest absolute Gasteiger partial charge is 0.0474 e. The van der Waals surface area contributed by atoms with Crippen LogP contribution >= 0.6 is 11.6 Å². The Morgan fingerprint density at radius 3 is 2.52 bits per heavy atom. The number of piperazine rings is 1. The first-order chi connectivity index (χ1) is 10.2. The summed E-state index contributed by atoms with van der Waals surface area (Å²) in [4.78, 5) is 5.08. The first kappa shape index (κ1) is 15.1. The summed E-state index contributed by atoms with van der Waals surface area (Å²) in [6.07, 6.45) is 2.89. The van der Waals surface area contributed by atoms with Crippen molar-refractivity contribution < 1.29 is 0 Å². The van der Waals surface area contributed by atoms with E-state index in [2.05, 4.69) is 40.2 Å². The van der Waals surface area contributed by atoms with E-state index in [0.717, 1.165) is 24.0 Å². The van der Waals surface area contributed by atoms with Crippen LogP contribution in [-0.2, 0) is 0 Å². The van der Waals surface area contributed by atoms with Gasteiger partial charge in [-0.05, 0) is 50.4 Å². The Morgan fingerprint density at radius 1 is 1.24 bits per heavy atom. The summed E-state index contributed by atoms with van der Waals surface area (Å²) >= 11 is 6.45. The van der Waals surface area contributed by atoms with Crippen LogP contribution in [0, 0.1) is 5.92 Å². The summed E-state index contributed by atoms with van der Waals surface area (Å²) in [7, 11) is 1.97. The van der Waals surface area contributed by atoms with Crippen LogP contribution in [0.3, 0.4) is 0 Å². The second-order valence-electron chi connectivity index (χ2n) is 6.45. The van der Waals surface area contributed by atoms with Gasteiger partial charge in [-0.2, -0.15) is 0 Å². The molecule has 1 aliphatic heterocycles. The molecule has 21 heavy (non-hydrogen) atoms. The second-order valence-corrected chi connectivity index (χ2v) is 6.85. The predicted molar refractivity (Wildman–Crippen MR) is 90.3 cm³/mol. The molecule has 3 rings (SSSR count). The summed E-state index contributed by atoms with van der Waals surface area (Å²) in [6.45, 7) is 8.05. The fraction of sp³-hybridized carbons (Fsp3) is 0.647. The number of nitrogens with one attached hydrogen (secondary N) is 1. The van der Waals surface area contributed by atoms with Gasteiger partial charge in [0.2, 0.25) is 0 Å². The quantitative estimate of drug-likeness (QED) is 0.901. The van der Waals surface area contributed by atoms with E-state index in [1.807, 2.05) is 7.05 Å². The average molecular weight is 308 g/mol. The van der Waals surface area contributed by atoms with E-state index in [9.17, 15) is 0 Å². The van der Waals surface area contributed by atoms with Gasteiger partial charge in [0.15, 0.2) is 0 Å². The molecule has 1 aromatic carbocycles. The van der Waals surface area contributed by atoms with Crippen LogP contribution in [0.15, 0.2) is 18.2 Å². The molecule has 1 saturated heterocycles. The zero-order valence-electron chi connectivity index (χ0n) is 13.1. The van der Waals surface area contributed by atoms with Crippen LogP contribution in [0.1, 0.15) is 31.4 Å². The zero-order valence-corrected chi connectivity index (χ0v) is 13.9. The monoisotopic (exact) mass is 307 g/mol. The van der Waals surface area contributed by atoms with E-state index >= 15 is 0 Å². The number of benzene rings is 1. The molecule has 1 heterocycles. The molecule has 0 amide bonds. The lowest BCUT2D eigenvalue weighted by Gasteiger charge is -2.36. The van der Waals surface area contributed by atoms with Crippen molar-refractivity contribution in [2.24, 2.45) is 5.92 Å². The molecule has 1 aliphatic carbocycles. The van der Waals surface area contributed by atoms with Crippen molar-refractivity contribution in [3.63, 3.8) is 0 Å². The number of halogens is 1. The highest BCUT2D eigenvalue weighted by Crippen LogP contribution is 2.31. The predicted octanol–water partition coefficient (Wildman–Crippen LogP) is 3.15. The van der Waals surface area contributed by atoms with Crippen molar-refractivity contribution >= 4 is 17.3 Å². The standard InChI is InChI=1S/C17H26ClN3/c1-13(19-2)16-6-5-15(11-17(16)18)21-9-7-20(8-10-21)12-14-3-4-14/h5-6,11,13-14,19H,3-4,7-10,12H2,1-2H3. The van der Waals surface area contributed by atoms with Crippen molar-refractivity contribution in [1.82, 2.24) is 10.2 Å². The molecular weight excluding hydrogens is 282 g/mol. The van der Waals surface area contributed by atoms with Crippen LogP contribution in [0.5, 0.6) is 0 Å². The number of hydrogen-bond acceptors (Lipinski definition) is 3. The molecule has 3 nitrogen and oxygen atoms in total. The molecular formula is C17H26ClN3. The normalized spacial score (nSPS) is 21.6. The highest BCUT2D eigenvalue weighted by molar-refractivity contribution is 6.31. The van der Waals surface area contributed by atoms with Crippen LogP contribution < -0.4 is 10.2 Å². The summed E-state index contributed by atoms with van der Waals surface area (Å²) in [5.41, 5.74) is 2.44. The number of anilines is 1. The summed E-state index contributed by atoms with van der Waals surface area (Å²) in [6, 6.07) is 6.80. The van der Waals surface area contributed by atoms with Crippen LogP contribution in [0.2, 0.25) is 5.02 Å². The first-order valence-corrected chi connectivity index (χ1v) is 8.49. The summed E-state index contributed by atoms with van der Waals surface area (Å²) in [5.74, 6) is 0.994. The minimum atomic E-state index is 0.293. The molecule has 0 spiro atoms. The maximum atomic E-state index is 6.45. The van der Waals surface area contributed by atoms with Crippen molar-refractivity contribution in [2.45, 2.75) is 25.8 Å². The molecule has 1 unspecified atom stereocenters. The Morgan fingerprint density at radius 2 is 1.95 bits per heavy atom. The Kier molecular flexibility index (Phi) is 4.72. The molecule has 1 N–H and O–H groups in total. The molecule has 2 aliphatic rings. The molecule has 0 bridgehead atoms. The van der Waals surface area contributed by atoms with Gasteiger partial charge in [-0.15, -0.1) is 0 Å². The Balaban J connectivity index is 1.60. The molecule has 1 aromatic rings. The fourth-order valence-corrected chi connectivity index (χ4v) is 3.41. The van der Waals surface area contributed by atoms with Gasteiger partial charge in [-0.3, -0.25) is 4.90 Å². The van der Waals surface area contributed by atoms with Crippen molar-refractivity contribution in [2.75, 3.05) is 44.7 Å². The average Bonchev–Trinajstić information content (AvgIpc) is 3.31. The van der Waals surface area contributed by atoms with E-state index in [1.165, 1.54) is 43.7 Å². The maximum Gasteiger partial charge on any atom is 0.0474 e. The second kappa shape index (κ2) is 6.55. The SMILES string of the molecule is CNC(C)c1ccc(N2CCN(CC3CC3)CC2)cc1Cl. The third-order valence-corrected chi connectivity index (χ3v) is 5.16. The van der Waals surface area contributed by atoms with Crippen LogP contribution in [0.25, 0.3) is 0 Å². The lowest BCUT2D eigenvalue weighted by atomic mass is 10.1. The summed E-state index contributed by atoms with van der Waals surface area (Å²) in [5, 5.41) is 4.12. The van der Waals surface area contributed by atoms with Crippen molar-refractivity contribution in [1.29, 1.82) is 0 Å². The van der Waals surface area contributed by atoms with Gasteiger partial charge < -0.3 is 10.2 Å². The maximum absolute atomic E-state index is 6.45. The Bertz CT molecular complexity index is 479. The van der Waals surface area contributed by atoms with Crippen molar-refractivity contribution in [3.8, 4) is 0 Å². The minimum Gasteiger partial charge on any atom is -0.369 e. The van der Waals surface area contributed by atoms with Gasteiger partial charge >= 0.3 is 0 Å². The molecule has 4 heteroatoms. The lowest BCUT2D eigenvalue weighted by molar-refractivity contribution is 0.248. The molecule has 116 valence electrons. The van der Waals surface area contributed by atoms with Gasteiger partial charge in [-0.1, -0.05) is 17.7 Å². The minimum absolute atomic E-state index is 0.293. The zero-order chi connectivity index (χ0) is 14.8. The highest BCUT2D eigenvalue weighted by Gasteiger charge is 2.26. The molecule has 0 aromatic heterocycles. The number of hydrogen-bond donors (Lipinski definition) is 1. The van der Waals surface area contributed by atoms with Gasteiger partial charge in [0.05, 0.1) is 0 Å². The highest BCUT2D eigenvalue weighted by atomic mass is 35.5.